The molecule has 4 aromatic rings. The molecule has 1 amide bonds. The highest BCUT2D eigenvalue weighted by molar-refractivity contribution is 7.16. The van der Waals surface area contributed by atoms with Gasteiger partial charge >= 0.3 is 0 Å². The molecule has 5 rings (SSSR count). The smallest absolute Gasteiger partial charge is 0.274 e. The van der Waals surface area contributed by atoms with Crippen molar-refractivity contribution in [1.29, 1.82) is 0 Å². The van der Waals surface area contributed by atoms with E-state index in [2.05, 4.69) is 21.4 Å². The molecular weight excluding hydrogens is 425 g/mol. The van der Waals surface area contributed by atoms with Gasteiger partial charge in [0.05, 0.1) is 11.4 Å². The number of aryl methyl sites for hydroxylation is 1. The lowest BCUT2D eigenvalue weighted by molar-refractivity contribution is 0.101. The summed E-state index contributed by atoms with van der Waals surface area (Å²) in [4.78, 5) is 26.8. The molecule has 0 radical (unpaired) electrons. The van der Waals surface area contributed by atoms with Crippen LogP contribution in [0.15, 0.2) is 61.1 Å². The van der Waals surface area contributed by atoms with E-state index in [1.165, 1.54) is 28.5 Å². The second-order valence-electron chi connectivity index (χ2n) is 7.53. The molecule has 32 heavy (non-hydrogen) atoms. The summed E-state index contributed by atoms with van der Waals surface area (Å²) in [6.45, 7) is 0.376. The van der Waals surface area contributed by atoms with Crippen molar-refractivity contribution in [3.63, 3.8) is 0 Å². The number of thiazole rings is 1. The number of hydrogen-bond donors (Lipinski definition) is 1. The number of rotatable bonds is 5. The topological polar surface area (TPSA) is 72.7 Å². The summed E-state index contributed by atoms with van der Waals surface area (Å²) < 4.78 is 15.2. The Kier molecular flexibility index (Phi) is 5.60. The molecule has 0 fully saturated rings. The predicted molar refractivity (Wildman–Crippen MR) is 123 cm³/mol. The van der Waals surface area contributed by atoms with Crippen molar-refractivity contribution in [2.24, 2.45) is 0 Å². The van der Waals surface area contributed by atoms with Gasteiger partial charge in [0.25, 0.3) is 5.91 Å². The minimum absolute atomic E-state index is 0.245. The monoisotopic (exact) mass is 445 g/mol. The van der Waals surface area contributed by atoms with Crippen LogP contribution < -0.4 is 5.32 Å². The van der Waals surface area contributed by atoms with Gasteiger partial charge in [-0.3, -0.25) is 15.1 Å². The van der Waals surface area contributed by atoms with E-state index in [0.29, 0.717) is 17.4 Å². The standard InChI is InChI=1S/C24H20FN5OS/c25-21-13-16(9-11-27-21)15-30-12-4-7-19(30)23(31)29-24-28-22-17(5-3-8-20(22)32-24)14-18-6-1-2-10-26-18/h1-2,4,6-7,9-14H,3,5,8,15H2,(H,28,29,31). The van der Waals surface area contributed by atoms with Gasteiger partial charge in [0.15, 0.2) is 5.13 Å². The van der Waals surface area contributed by atoms with E-state index in [1.807, 2.05) is 18.2 Å². The Hall–Kier alpha value is -3.65. The largest absolute Gasteiger partial charge is 0.339 e. The van der Waals surface area contributed by atoms with Gasteiger partial charge in [-0.05, 0) is 72.9 Å². The minimum Gasteiger partial charge on any atom is -0.339 e. The first-order chi connectivity index (χ1) is 15.7. The fourth-order valence-corrected chi connectivity index (χ4v) is 4.85. The van der Waals surface area contributed by atoms with Crippen molar-refractivity contribution in [2.75, 3.05) is 5.32 Å². The van der Waals surface area contributed by atoms with Crippen LogP contribution in [-0.4, -0.2) is 25.4 Å². The zero-order valence-electron chi connectivity index (χ0n) is 17.2. The Labute approximate surface area is 188 Å². The Morgan fingerprint density at radius 2 is 2.09 bits per heavy atom. The van der Waals surface area contributed by atoms with Crippen LogP contribution in [0.1, 0.15) is 45.2 Å². The molecule has 0 saturated heterocycles. The second-order valence-corrected chi connectivity index (χ2v) is 8.61. The zero-order chi connectivity index (χ0) is 21.9. The average Bonchev–Trinajstić information content (AvgIpc) is 3.41. The molecule has 160 valence electrons. The number of anilines is 1. The van der Waals surface area contributed by atoms with Gasteiger partial charge < -0.3 is 4.57 Å². The number of aromatic nitrogens is 4. The van der Waals surface area contributed by atoms with Crippen molar-refractivity contribution in [2.45, 2.75) is 25.8 Å². The van der Waals surface area contributed by atoms with Crippen molar-refractivity contribution in [3.8, 4) is 0 Å². The van der Waals surface area contributed by atoms with Gasteiger partial charge in [-0.1, -0.05) is 6.07 Å². The zero-order valence-corrected chi connectivity index (χ0v) is 18.0. The van der Waals surface area contributed by atoms with Crippen LogP contribution in [0.3, 0.4) is 0 Å². The van der Waals surface area contributed by atoms with Crippen LogP contribution in [0.4, 0.5) is 9.52 Å². The molecule has 1 N–H and O–H groups in total. The van der Waals surface area contributed by atoms with Gasteiger partial charge in [0.1, 0.15) is 5.69 Å². The molecule has 1 aliphatic rings. The lowest BCUT2D eigenvalue weighted by Crippen LogP contribution is -2.17. The number of allylic oxidation sites excluding steroid dienone is 1. The summed E-state index contributed by atoms with van der Waals surface area (Å²) in [6, 6.07) is 12.5. The number of nitrogens with zero attached hydrogens (tertiary/aromatic N) is 4. The van der Waals surface area contributed by atoms with Crippen molar-refractivity contribution < 1.29 is 9.18 Å². The molecule has 0 aromatic carbocycles. The van der Waals surface area contributed by atoms with Crippen LogP contribution in [0.2, 0.25) is 0 Å². The number of hydrogen-bond acceptors (Lipinski definition) is 5. The molecule has 4 heterocycles. The molecule has 8 heteroatoms. The molecule has 0 unspecified atom stereocenters. The summed E-state index contributed by atoms with van der Waals surface area (Å²) >= 11 is 1.52. The number of carbonyl (C=O) groups excluding carboxylic acids is 1. The summed E-state index contributed by atoms with van der Waals surface area (Å²) in [5, 5.41) is 3.52. The highest BCUT2D eigenvalue weighted by Gasteiger charge is 2.21. The van der Waals surface area contributed by atoms with Crippen LogP contribution in [0, 0.1) is 5.95 Å². The maximum Gasteiger partial charge on any atom is 0.274 e. The van der Waals surface area contributed by atoms with Crippen molar-refractivity contribution in [1.82, 2.24) is 19.5 Å². The maximum atomic E-state index is 13.4. The molecule has 0 saturated carbocycles. The molecule has 0 bridgehead atoms. The number of pyridine rings is 2. The number of amides is 1. The van der Waals surface area contributed by atoms with Crippen LogP contribution in [-0.2, 0) is 13.0 Å². The Balaban J connectivity index is 1.36. The van der Waals surface area contributed by atoms with Crippen LogP contribution in [0.25, 0.3) is 11.6 Å². The van der Waals surface area contributed by atoms with E-state index in [4.69, 9.17) is 4.98 Å². The molecule has 1 aliphatic carbocycles. The van der Waals surface area contributed by atoms with E-state index in [-0.39, 0.29) is 5.91 Å². The van der Waals surface area contributed by atoms with E-state index in [9.17, 15) is 9.18 Å². The maximum absolute atomic E-state index is 13.4. The highest BCUT2D eigenvalue weighted by atomic mass is 32.1. The number of halogens is 1. The lowest BCUT2D eigenvalue weighted by atomic mass is 9.96. The summed E-state index contributed by atoms with van der Waals surface area (Å²) in [5.41, 5.74) is 4.21. The SMILES string of the molecule is O=C(Nc1nc2c(s1)CCCC2=Cc1ccccn1)c1cccn1Cc1ccnc(F)c1. The third kappa shape index (κ3) is 4.36. The highest BCUT2D eigenvalue weighted by Crippen LogP contribution is 2.37. The van der Waals surface area contributed by atoms with Crippen LogP contribution >= 0.6 is 11.3 Å². The molecule has 0 aliphatic heterocycles. The first-order valence-electron chi connectivity index (χ1n) is 10.3. The normalized spacial score (nSPS) is 14.3. The molecular formula is C24H20FN5OS. The van der Waals surface area contributed by atoms with Crippen LogP contribution in [0.5, 0.6) is 0 Å². The Morgan fingerprint density at radius 3 is 2.94 bits per heavy atom. The van der Waals surface area contributed by atoms with Gasteiger partial charge in [0, 0.05) is 30.0 Å². The van der Waals surface area contributed by atoms with E-state index >= 15 is 0 Å². The summed E-state index contributed by atoms with van der Waals surface area (Å²) in [6.07, 6.45) is 10.0. The van der Waals surface area contributed by atoms with Gasteiger partial charge in [0.2, 0.25) is 5.95 Å². The molecule has 0 atom stereocenters. The fraction of sp³-hybridized carbons (Fsp3) is 0.167. The summed E-state index contributed by atoms with van der Waals surface area (Å²) in [5.74, 6) is -0.783. The first-order valence-corrected chi connectivity index (χ1v) is 11.2. The Morgan fingerprint density at radius 1 is 1.16 bits per heavy atom. The third-order valence-corrected chi connectivity index (χ3v) is 6.32. The fourth-order valence-electron chi connectivity index (χ4n) is 3.82. The van der Waals surface area contributed by atoms with Gasteiger partial charge in [-0.25, -0.2) is 9.97 Å². The van der Waals surface area contributed by atoms with Crippen molar-refractivity contribution >= 4 is 34.0 Å². The third-order valence-electron chi connectivity index (χ3n) is 5.29. The average molecular weight is 446 g/mol. The minimum atomic E-state index is -0.538. The Bertz CT molecular complexity index is 1290. The van der Waals surface area contributed by atoms with E-state index in [1.54, 1.807) is 35.2 Å². The van der Waals surface area contributed by atoms with Gasteiger partial charge in [-0.2, -0.15) is 4.39 Å². The second kappa shape index (κ2) is 8.84. The van der Waals surface area contributed by atoms with Crippen molar-refractivity contribution in [3.05, 3.63) is 94.5 Å². The summed E-state index contributed by atoms with van der Waals surface area (Å²) in [7, 11) is 0. The van der Waals surface area contributed by atoms with E-state index < -0.39 is 5.95 Å². The van der Waals surface area contributed by atoms with E-state index in [0.717, 1.165) is 41.8 Å². The molecule has 6 nitrogen and oxygen atoms in total. The number of nitrogens with one attached hydrogen (secondary N) is 1. The quantitative estimate of drug-likeness (QED) is 0.436. The molecule has 4 aromatic heterocycles. The number of carbonyl (C=O) groups is 1. The lowest BCUT2D eigenvalue weighted by Gasteiger charge is -2.12. The first kappa shape index (κ1) is 20.3. The predicted octanol–water partition coefficient (Wildman–Crippen LogP) is 5.05. The molecule has 0 spiro atoms. The number of fused-ring (bicyclic) bond motifs is 1. The van der Waals surface area contributed by atoms with Gasteiger partial charge in [-0.15, -0.1) is 11.3 Å².